The quantitative estimate of drug-likeness (QED) is 0.830. The van der Waals surface area contributed by atoms with Crippen LogP contribution in [0.3, 0.4) is 0 Å². The van der Waals surface area contributed by atoms with Crippen molar-refractivity contribution in [1.82, 2.24) is 30.4 Å². The molecule has 0 saturated carbocycles. The number of amides is 2. The van der Waals surface area contributed by atoms with Gasteiger partial charge in [-0.25, -0.2) is 4.79 Å². The zero-order chi connectivity index (χ0) is 17.6. The van der Waals surface area contributed by atoms with E-state index in [-0.39, 0.29) is 18.2 Å². The van der Waals surface area contributed by atoms with Crippen molar-refractivity contribution in [1.29, 1.82) is 0 Å². The normalized spacial score (nSPS) is 20.0. The summed E-state index contributed by atoms with van der Waals surface area (Å²) >= 11 is 0. The standard InChI is InChI=1S/C17H24N6O2/c1-12(2)23-11-13(9-21-23)16-15(4-8-25-16)22-17(24)20-5-3-14-10-18-6-7-19-14/h6-7,9-12,15-16H,3-5,8H2,1-2H3,(H2,20,22,24)/t15-,16+/m1/s1. The molecule has 25 heavy (non-hydrogen) atoms. The van der Waals surface area contributed by atoms with Gasteiger partial charge in [0.2, 0.25) is 0 Å². The number of rotatable bonds is 6. The van der Waals surface area contributed by atoms with E-state index in [4.69, 9.17) is 4.74 Å². The fourth-order valence-corrected chi connectivity index (χ4v) is 2.83. The molecule has 1 saturated heterocycles. The number of urea groups is 1. The Kier molecular flexibility index (Phi) is 5.60. The van der Waals surface area contributed by atoms with Gasteiger partial charge in [0.25, 0.3) is 0 Å². The highest BCUT2D eigenvalue weighted by Gasteiger charge is 2.32. The molecule has 134 valence electrons. The van der Waals surface area contributed by atoms with Gasteiger partial charge in [-0.15, -0.1) is 0 Å². The van der Waals surface area contributed by atoms with Gasteiger partial charge in [-0.1, -0.05) is 0 Å². The fraction of sp³-hybridized carbons (Fsp3) is 0.529. The fourth-order valence-electron chi connectivity index (χ4n) is 2.83. The van der Waals surface area contributed by atoms with E-state index in [9.17, 15) is 4.79 Å². The molecule has 3 heterocycles. The van der Waals surface area contributed by atoms with Crippen molar-refractivity contribution >= 4 is 6.03 Å². The number of carbonyl (C=O) groups is 1. The zero-order valence-electron chi connectivity index (χ0n) is 14.6. The Balaban J connectivity index is 1.49. The molecule has 0 aromatic carbocycles. The maximum atomic E-state index is 12.1. The molecule has 0 spiro atoms. The van der Waals surface area contributed by atoms with Gasteiger partial charge < -0.3 is 15.4 Å². The van der Waals surface area contributed by atoms with E-state index >= 15 is 0 Å². The summed E-state index contributed by atoms with van der Waals surface area (Å²) in [7, 11) is 0. The molecule has 8 nitrogen and oxygen atoms in total. The van der Waals surface area contributed by atoms with Crippen molar-refractivity contribution in [3.05, 3.63) is 42.2 Å². The van der Waals surface area contributed by atoms with Crippen LogP contribution in [0.15, 0.2) is 31.0 Å². The van der Waals surface area contributed by atoms with Crippen LogP contribution in [0.25, 0.3) is 0 Å². The van der Waals surface area contributed by atoms with E-state index in [2.05, 4.69) is 39.5 Å². The molecule has 2 atom stereocenters. The summed E-state index contributed by atoms with van der Waals surface area (Å²) in [6.07, 6.45) is 10.1. The predicted octanol–water partition coefficient (Wildman–Crippen LogP) is 1.63. The van der Waals surface area contributed by atoms with Crippen LogP contribution in [-0.2, 0) is 11.2 Å². The first-order valence-corrected chi connectivity index (χ1v) is 8.58. The lowest BCUT2D eigenvalue weighted by Crippen LogP contribution is -2.43. The summed E-state index contributed by atoms with van der Waals surface area (Å²) < 4.78 is 7.70. The molecule has 3 rings (SSSR count). The highest BCUT2D eigenvalue weighted by molar-refractivity contribution is 5.74. The van der Waals surface area contributed by atoms with E-state index in [1.165, 1.54) is 0 Å². The molecule has 2 aromatic rings. The van der Waals surface area contributed by atoms with Crippen LogP contribution in [0, 0.1) is 0 Å². The number of carbonyl (C=O) groups excluding carboxylic acids is 1. The molecule has 2 amide bonds. The average molecular weight is 344 g/mol. The Morgan fingerprint density at radius 2 is 2.28 bits per heavy atom. The Hall–Kier alpha value is -2.48. The van der Waals surface area contributed by atoms with E-state index in [0.717, 1.165) is 17.7 Å². The zero-order valence-corrected chi connectivity index (χ0v) is 14.6. The largest absolute Gasteiger partial charge is 0.371 e. The third kappa shape index (κ3) is 4.54. The summed E-state index contributed by atoms with van der Waals surface area (Å²) in [5.41, 5.74) is 1.85. The van der Waals surface area contributed by atoms with Crippen molar-refractivity contribution in [3.8, 4) is 0 Å². The van der Waals surface area contributed by atoms with Gasteiger partial charge in [0.1, 0.15) is 6.10 Å². The lowest BCUT2D eigenvalue weighted by atomic mass is 10.1. The number of nitrogens with one attached hydrogen (secondary N) is 2. The molecule has 1 aliphatic rings. The van der Waals surface area contributed by atoms with Crippen molar-refractivity contribution in [2.75, 3.05) is 13.2 Å². The third-order valence-electron chi connectivity index (χ3n) is 4.17. The van der Waals surface area contributed by atoms with Crippen molar-refractivity contribution in [2.24, 2.45) is 0 Å². The van der Waals surface area contributed by atoms with Gasteiger partial charge in [-0.3, -0.25) is 14.6 Å². The number of nitrogens with zero attached hydrogens (tertiary/aromatic N) is 4. The summed E-state index contributed by atoms with van der Waals surface area (Å²) in [5, 5.41) is 10.2. The van der Waals surface area contributed by atoms with Crippen LogP contribution in [0.2, 0.25) is 0 Å². The van der Waals surface area contributed by atoms with Gasteiger partial charge in [-0.05, 0) is 20.3 Å². The van der Waals surface area contributed by atoms with Crippen molar-refractivity contribution in [3.63, 3.8) is 0 Å². The van der Waals surface area contributed by atoms with Crippen LogP contribution in [0.4, 0.5) is 4.79 Å². The topological polar surface area (TPSA) is 94.0 Å². The van der Waals surface area contributed by atoms with Crippen LogP contribution in [-0.4, -0.2) is 45.0 Å². The van der Waals surface area contributed by atoms with Gasteiger partial charge in [-0.2, -0.15) is 5.10 Å². The maximum absolute atomic E-state index is 12.1. The number of hydrogen-bond donors (Lipinski definition) is 2. The Bertz CT molecular complexity index is 687. The molecule has 0 radical (unpaired) electrons. The third-order valence-corrected chi connectivity index (χ3v) is 4.17. The molecular formula is C17H24N6O2. The SMILES string of the molecule is CC(C)n1cc([C@@H]2OCC[C@H]2NC(=O)NCCc2cnccn2)cn1. The average Bonchev–Trinajstić information content (AvgIpc) is 3.24. The van der Waals surface area contributed by atoms with Gasteiger partial charge in [0.05, 0.1) is 17.9 Å². The van der Waals surface area contributed by atoms with E-state index in [1.54, 1.807) is 18.6 Å². The first-order chi connectivity index (χ1) is 12.1. The molecule has 0 bridgehead atoms. The Morgan fingerprint density at radius 3 is 3.00 bits per heavy atom. The smallest absolute Gasteiger partial charge is 0.315 e. The molecule has 2 N–H and O–H groups in total. The summed E-state index contributed by atoms with van der Waals surface area (Å²) in [6.45, 7) is 5.29. The summed E-state index contributed by atoms with van der Waals surface area (Å²) in [6, 6.07) is 0.0490. The second-order valence-corrected chi connectivity index (χ2v) is 6.38. The minimum Gasteiger partial charge on any atom is -0.371 e. The summed E-state index contributed by atoms with van der Waals surface area (Å²) in [5.74, 6) is 0. The first kappa shape index (κ1) is 17.3. The molecule has 1 fully saturated rings. The molecule has 2 aromatic heterocycles. The molecular weight excluding hydrogens is 320 g/mol. The highest BCUT2D eigenvalue weighted by Crippen LogP contribution is 2.29. The van der Waals surface area contributed by atoms with E-state index in [0.29, 0.717) is 25.6 Å². The Morgan fingerprint density at radius 1 is 1.40 bits per heavy atom. The lowest BCUT2D eigenvalue weighted by molar-refractivity contribution is 0.0998. The minimum absolute atomic E-state index is 0.0543. The lowest BCUT2D eigenvalue weighted by Gasteiger charge is -2.19. The second-order valence-electron chi connectivity index (χ2n) is 6.38. The van der Waals surface area contributed by atoms with Crippen LogP contribution < -0.4 is 10.6 Å². The summed E-state index contributed by atoms with van der Waals surface area (Å²) in [4.78, 5) is 20.3. The van der Waals surface area contributed by atoms with Crippen molar-refractivity contribution < 1.29 is 9.53 Å². The van der Waals surface area contributed by atoms with E-state index < -0.39 is 0 Å². The Labute approximate surface area is 147 Å². The van der Waals surface area contributed by atoms with Crippen molar-refractivity contribution in [2.45, 2.75) is 44.9 Å². The van der Waals surface area contributed by atoms with Gasteiger partial charge in [0, 0.05) is 56.0 Å². The van der Waals surface area contributed by atoms with Gasteiger partial charge >= 0.3 is 6.03 Å². The van der Waals surface area contributed by atoms with Crippen LogP contribution in [0.1, 0.15) is 43.7 Å². The van der Waals surface area contributed by atoms with E-state index in [1.807, 2.05) is 17.1 Å². The monoisotopic (exact) mass is 344 g/mol. The molecule has 8 heteroatoms. The number of ether oxygens (including phenoxy) is 1. The number of aromatic nitrogens is 4. The maximum Gasteiger partial charge on any atom is 0.315 e. The number of hydrogen-bond acceptors (Lipinski definition) is 5. The highest BCUT2D eigenvalue weighted by atomic mass is 16.5. The second kappa shape index (κ2) is 8.06. The van der Waals surface area contributed by atoms with Crippen LogP contribution >= 0.6 is 0 Å². The van der Waals surface area contributed by atoms with Gasteiger partial charge in [0.15, 0.2) is 0 Å². The first-order valence-electron chi connectivity index (χ1n) is 8.58. The predicted molar refractivity (Wildman–Crippen MR) is 92.0 cm³/mol. The minimum atomic E-state index is -0.194. The molecule has 0 unspecified atom stereocenters. The molecule has 1 aliphatic heterocycles. The molecule has 0 aliphatic carbocycles. The van der Waals surface area contributed by atoms with Crippen LogP contribution in [0.5, 0.6) is 0 Å².